The van der Waals surface area contributed by atoms with Gasteiger partial charge < -0.3 is 9.84 Å². The SMILES string of the molecule is O=C(/C=C/c1ccc(O)cc1)OCCBr. The predicted molar refractivity (Wildman–Crippen MR) is 61.9 cm³/mol. The second-order valence-electron chi connectivity index (χ2n) is 2.78. The molecular formula is C11H11BrO3. The summed E-state index contributed by atoms with van der Waals surface area (Å²) in [6.45, 7) is 0.360. The highest BCUT2D eigenvalue weighted by atomic mass is 79.9. The van der Waals surface area contributed by atoms with Gasteiger partial charge in [-0.2, -0.15) is 0 Å². The molecule has 0 radical (unpaired) electrons. The van der Waals surface area contributed by atoms with Crippen molar-refractivity contribution >= 4 is 28.0 Å². The minimum Gasteiger partial charge on any atom is -0.508 e. The summed E-state index contributed by atoms with van der Waals surface area (Å²) in [5.41, 5.74) is 0.837. The van der Waals surface area contributed by atoms with Crippen LogP contribution in [-0.2, 0) is 9.53 Å². The molecule has 0 unspecified atom stereocenters. The van der Waals surface area contributed by atoms with Crippen LogP contribution in [0.4, 0.5) is 0 Å². The standard InChI is InChI=1S/C11H11BrO3/c12-7-8-15-11(14)6-3-9-1-4-10(13)5-2-9/h1-6,13H,7-8H2/b6-3+. The Morgan fingerprint density at radius 3 is 2.67 bits per heavy atom. The fourth-order valence-corrected chi connectivity index (χ4v) is 1.10. The summed E-state index contributed by atoms with van der Waals surface area (Å²) in [6, 6.07) is 6.54. The van der Waals surface area contributed by atoms with Crippen molar-refractivity contribution in [2.75, 3.05) is 11.9 Å². The zero-order chi connectivity index (χ0) is 11.1. The maximum atomic E-state index is 11.1. The lowest BCUT2D eigenvalue weighted by molar-refractivity contribution is -0.137. The minimum absolute atomic E-state index is 0.203. The third kappa shape index (κ3) is 4.65. The number of phenols is 1. The molecule has 15 heavy (non-hydrogen) atoms. The van der Waals surface area contributed by atoms with Gasteiger partial charge in [0, 0.05) is 11.4 Å². The van der Waals surface area contributed by atoms with E-state index in [-0.39, 0.29) is 11.7 Å². The smallest absolute Gasteiger partial charge is 0.330 e. The molecule has 0 bridgehead atoms. The summed E-state index contributed by atoms with van der Waals surface area (Å²) in [5, 5.41) is 9.66. The van der Waals surface area contributed by atoms with Gasteiger partial charge in [-0.1, -0.05) is 28.1 Å². The third-order valence-electron chi connectivity index (χ3n) is 1.63. The number of phenolic OH excluding ortho intramolecular Hbond substituents is 1. The van der Waals surface area contributed by atoms with E-state index in [1.165, 1.54) is 6.08 Å². The summed E-state index contributed by atoms with van der Waals surface area (Å²) in [7, 11) is 0. The average molecular weight is 271 g/mol. The maximum absolute atomic E-state index is 11.1. The van der Waals surface area contributed by atoms with Crippen LogP contribution in [-0.4, -0.2) is 23.0 Å². The number of aromatic hydroxyl groups is 1. The molecule has 3 nitrogen and oxygen atoms in total. The average Bonchev–Trinajstić information content (AvgIpc) is 2.25. The molecule has 0 spiro atoms. The second-order valence-corrected chi connectivity index (χ2v) is 3.57. The number of carbonyl (C=O) groups is 1. The van der Waals surface area contributed by atoms with Crippen molar-refractivity contribution in [2.24, 2.45) is 0 Å². The first-order valence-electron chi connectivity index (χ1n) is 4.42. The number of halogens is 1. The van der Waals surface area contributed by atoms with Crippen LogP contribution in [0.3, 0.4) is 0 Å². The van der Waals surface area contributed by atoms with Gasteiger partial charge >= 0.3 is 5.97 Å². The molecule has 1 rings (SSSR count). The highest BCUT2D eigenvalue weighted by molar-refractivity contribution is 9.09. The molecule has 0 heterocycles. The quantitative estimate of drug-likeness (QED) is 0.519. The van der Waals surface area contributed by atoms with Crippen LogP contribution in [0, 0.1) is 0 Å². The van der Waals surface area contributed by atoms with Crippen LogP contribution in [0.25, 0.3) is 6.08 Å². The van der Waals surface area contributed by atoms with Crippen molar-refractivity contribution in [3.63, 3.8) is 0 Å². The zero-order valence-corrected chi connectivity index (χ0v) is 9.61. The van der Waals surface area contributed by atoms with E-state index in [1.54, 1.807) is 30.3 Å². The topological polar surface area (TPSA) is 46.5 Å². The number of rotatable bonds is 4. The molecule has 0 aliphatic heterocycles. The predicted octanol–water partition coefficient (Wildman–Crippen LogP) is 2.34. The summed E-state index contributed by atoms with van der Waals surface area (Å²) in [6.07, 6.45) is 2.99. The zero-order valence-electron chi connectivity index (χ0n) is 8.02. The lowest BCUT2D eigenvalue weighted by atomic mass is 10.2. The number of hydrogen-bond donors (Lipinski definition) is 1. The molecule has 0 saturated carbocycles. The molecule has 1 N–H and O–H groups in total. The largest absolute Gasteiger partial charge is 0.508 e. The highest BCUT2D eigenvalue weighted by Gasteiger charge is 1.95. The molecule has 0 fully saturated rings. The van der Waals surface area contributed by atoms with Gasteiger partial charge in [0.15, 0.2) is 0 Å². The van der Waals surface area contributed by atoms with Crippen molar-refractivity contribution in [1.82, 2.24) is 0 Å². The van der Waals surface area contributed by atoms with E-state index in [2.05, 4.69) is 15.9 Å². The monoisotopic (exact) mass is 270 g/mol. The van der Waals surface area contributed by atoms with E-state index in [1.807, 2.05) is 0 Å². The molecule has 0 atom stereocenters. The summed E-state index contributed by atoms with van der Waals surface area (Å²) < 4.78 is 4.81. The van der Waals surface area contributed by atoms with Crippen molar-refractivity contribution < 1.29 is 14.6 Å². The van der Waals surface area contributed by atoms with Gasteiger partial charge in [-0.05, 0) is 23.8 Å². The Hall–Kier alpha value is -1.29. The van der Waals surface area contributed by atoms with E-state index < -0.39 is 0 Å². The molecule has 0 amide bonds. The molecule has 1 aromatic carbocycles. The van der Waals surface area contributed by atoms with Gasteiger partial charge in [0.2, 0.25) is 0 Å². The Balaban J connectivity index is 2.50. The normalized spacial score (nSPS) is 10.5. The first kappa shape index (κ1) is 11.8. The fourth-order valence-electron chi connectivity index (χ4n) is 0.937. The number of esters is 1. The molecule has 0 saturated heterocycles. The van der Waals surface area contributed by atoms with Crippen LogP contribution < -0.4 is 0 Å². The van der Waals surface area contributed by atoms with Gasteiger partial charge in [0.05, 0.1) is 0 Å². The van der Waals surface area contributed by atoms with Gasteiger partial charge in [0.25, 0.3) is 0 Å². The third-order valence-corrected chi connectivity index (χ3v) is 1.95. The van der Waals surface area contributed by atoms with Crippen LogP contribution in [0.5, 0.6) is 5.75 Å². The number of benzene rings is 1. The molecule has 0 aliphatic carbocycles. The first-order chi connectivity index (χ1) is 7.22. The Morgan fingerprint density at radius 1 is 1.40 bits per heavy atom. The lowest BCUT2D eigenvalue weighted by Gasteiger charge is -1.97. The lowest BCUT2D eigenvalue weighted by Crippen LogP contribution is -2.02. The highest BCUT2D eigenvalue weighted by Crippen LogP contribution is 2.10. The summed E-state index contributed by atoms with van der Waals surface area (Å²) >= 11 is 3.15. The number of ether oxygens (including phenoxy) is 1. The van der Waals surface area contributed by atoms with Gasteiger partial charge in [0.1, 0.15) is 12.4 Å². The van der Waals surface area contributed by atoms with Crippen LogP contribution in [0.15, 0.2) is 30.3 Å². The fraction of sp³-hybridized carbons (Fsp3) is 0.182. The van der Waals surface area contributed by atoms with E-state index in [0.29, 0.717) is 11.9 Å². The van der Waals surface area contributed by atoms with Crippen molar-refractivity contribution in [1.29, 1.82) is 0 Å². The van der Waals surface area contributed by atoms with Crippen molar-refractivity contribution in [3.8, 4) is 5.75 Å². The Morgan fingerprint density at radius 2 is 2.07 bits per heavy atom. The summed E-state index contributed by atoms with van der Waals surface area (Å²) in [4.78, 5) is 11.1. The maximum Gasteiger partial charge on any atom is 0.330 e. The van der Waals surface area contributed by atoms with E-state index in [0.717, 1.165) is 5.56 Å². The van der Waals surface area contributed by atoms with E-state index in [9.17, 15) is 4.79 Å². The number of hydrogen-bond acceptors (Lipinski definition) is 3. The van der Waals surface area contributed by atoms with Crippen molar-refractivity contribution in [2.45, 2.75) is 0 Å². The van der Waals surface area contributed by atoms with Crippen LogP contribution in [0.1, 0.15) is 5.56 Å². The Labute approximate surface area is 96.5 Å². The molecule has 0 aliphatic rings. The molecular weight excluding hydrogens is 260 g/mol. The van der Waals surface area contributed by atoms with E-state index in [4.69, 9.17) is 9.84 Å². The molecule has 0 aromatic heterocycles. The number of alkyl halides is 1. The van der Waals surface area contributed by atoms with Crippen LogP contribution >= 0.6 is 15.9 Å². The van der Waals surface area contributed by atoms with Gasteiger partial charge in [-0.3, -0.25) is 0 Å². The van der Waals surface area contributed by atoms with E-state index >= 15 is 0 Å². The minimum atomic E-state index is -0.373. The molecule has 1 aromatic rings. The van der Waals surface area contributed by atoms with Gasteiger partial charge in [-0.25, -0.2) is 4.79 Å². The molecule has 4 heteroatoms. The Bertz CT molecular complexity index is 343. The number of carbonyl (C=O) groups excluding carboxylic acids is 1. The Kier molecular flexibility index (Phi) is 4.90. The second kappa shape index (κ2) is 6.24. The van der Waals surface area contributed by atoms with Crippen LogP contribution in [0.2, 0.25) is 0 Å². The summed E-state index contributed by atoms with van der Waals surface area (Å²) in [5.74, 6) is -0.170. The first-order valence-corrected chi connectivity index (χ1v) is 5.54. The molecule has 80 valence electrons. The van der Waals surface area contributed by atoms with Gasteiger partial charge in [-0.15, -0.1) is 0 Å². The van der Waals surface area contributed by atoms with Crippen molar-refractivity contribution in [3.05, 3.63) is 35.9 Å².